The smallest absolute Gasteiger partial charge is 0.305 e. The molecule has 1 aromatic heterocycles. The molecule has 17 heavy (non-hydrogen) atoms. The van der Waals surface area contributed by atoms with Crippen LogP contribution in [0.1, 0.15) is 6.42 Å². The summed E-state index contributed by atoms with van der Waals surface area (Å²) in [4.78, 5) is 11.6. The van der Waals surface area contributed by atoms with E-state index < -0.39 is 5.97 Å². The van der Waals surface area contributed by atoms with Gasteiger partial charge in [0.15, 0.2) is 0 Å². The predicted octanol–water partition coefficient (Wildman–Crippen LogP) is 1.47. The number of rotatable bonds is 4. The largest absolute Gasteiger partial charge is 0.481 e. The minimum absolute atomic E-state index is 0.0364. The number of halogens is 1. The van der Waals surface area contributed by atoms with E-state index in [1.165, 1.54) is 4.80 Å². The van der Waals surface area contributed by atoms with Crippen LogP contribution in [0.2, 0.25) is 5.02 Å². The lowest BCUT2D eigenvalue weighted by Gasteiger charge is -1.95. The number of carbonyl (C=O) groups is 1. The first-order chi connectivity index (χ1) is 8.15. The van der Waals surface area contributed by atoms with Gasteiger partial charge in [-0.2, -0.15) is 4.80 Å². The van der Waals surface area contributed by atoms with Crippen molar-refractivity contribution in [2.24, 2.45) is 0 Å². The second kappa shape index (κ2) is 4.92. The van der Waals surface area contributed by atoms with Gasteiger partial charge in [-0.15, -0.1) is 10.2 Å². The summed E-state index contributed by atoms with van der Waals surface area (Å²) < 4.78 is 0. The van der Waals surface area contributed by atoms with E-state index in [1.807, 2.05) is 6.07 Å². The summed E-state index contributed by atoms with van der Waals surface area (Å²) in [6, 6.07) is 7.07. The molecule has 0 aliphatic rings. The van der Waals surface area contributed by atoms with Crippen molar-refractivity contribution in [1.29, 1.82) is 0 Å². The average Bonchev–Trinajstić information content (AvgIpc) is 2.75. The fourth-order valence-electron chi connectivity index (χ4n) is 1.28. The van der Waals surface area contributed by atoms with Gasteiger partial charge in [-0.05, 0) is 17.3 Å². The molecule has 6 nitrogen and oxygen atoms in total. The number of aryl methyl sites for hydroxylation is 1. The number of hydrogen-bond donors (Lipinski definition) is 1. The van der Waals surface area contributed by atoms with Crippen molar-refractivity contribution < 1.29 is 9.90 Å². The lowest BCUT2D eigenvalue weighted by molar-refractivity contribution is -0.137. The molecule has 0 saturated carbocycles. The number of carboxylic acids is 1. The molecule has 1 heterocycles. The Hall–Kier alpha value is -1.95. The minimum Gasteiger partial charge on any atom is -0.481 e. The molecule has 0 atom stereocenters. The van der Waals surface area contributed by atoms with Gasteiger partial charge in [0.25, 0.3) is 0 Å². The second-order valence-corrected chi connectivity index (χ2v) is 3.80. The van der Waals surface area contributed by atoms with E-state index in [0.717, 1.165) is 5.56 Å². The van der Waals surface area contributed by atoms with Crippen LogP contribution in [0.25, 0.3) is 11.4 Å². The second-order valence-electron chi connectivity index (χ2n) is 3.36. The maximum Gasteiger partial charge on any atom is 0.305 e. The van der Waals surface area contributed by atoms with Crippen LogP contribution in [0.15, 0.2) is 24.3 Å². The summed E-state index contributed by atoms with van der Waals surface area (Å²) in [6.45, 7) is 0.197. The van der Waals surface area contributed by atoms with Crippen molar-refractivity contribution >= 4 is 17.6 Å². The number of hydrogen-bond acceptors (Lipinski definition) is 4. The van der Waals surface area contributed by atoms with Gasteiger partial charge in [0.05, 0.1) is 13.0 Å². The number of carboxylic acid groups (broad SMARTS) is 1. The van der Waals surface area contributed by atoms with E-state index >= 15 is 0 Å². The molecule has 2 rings (SSSR count). The molecule has 0 saturated heterocycles. The average molecular weight is 253 g/mol. The Bertz CT molecular complexity index is 541. The molecular weight excluding hydrogens is 244 g/mol. The van der Waals surface area contributed by atoms with Crippen molar-refractivity contribution in [3.05, 3.63) is 29.3 Å². The number of benzene rings is 1. The molecule has 0 fully saturated rings. The van der Waals surface area contributed by atoms with Crippen molar-refractivity contribution in [1.82, 2.24) is 20.2 Å². The van der Waals surface area contributed by atoms with E-state index in [-0.39, 0.29) is 13.0 Å². The summed E-state index contributed by atoms with van der Waals surface area (Å²) in [5, 5.41) is 20.8. The topological polar surface area (TPSA) is 80.9 Å². The molecule has 0 radical (unpaired) electrons. The van der Waals surface area contributed by atoms with Gasteiger partial charge in [-0.25, -0.2) is 0 Å². The van der Waals surface area contributed by atoms with Gasteiger partial charge in [0, 0.05) is 10.6 Å². The van der Waals surface area contributed by atoms with Crippen LogP contribution in [0, 0.1) is 0 Å². The molecule has 0 bridgehead atoms. The fraction of sp³-hybridized carbons (Fsp3) is 0.200. The van der Waals surface area contributed by atoms with Gasteiger partial charge in [-0.1, -0.05) is 23.7 Å². The predicted molar refractivity (Wildman–Crippen MR) is 60.5 cm³/mol. The highest BCUT2D eigenvalue weighted by Gasteiger charge is 2.07. The minimum atomic E-state index is -0.897. The molecule has 0 amide bonds. The zero-order valence-electron chi connectivity index (χ0n) is 8.75. The van der Waals surface area contributed by atoms with E-state index in [9.17, 15) is 4.79 Å². The third-order valence-corrected chi connectivity index (χ3v) is 2.30. The Morgan fingerprint density at radius 1 is 1.47 bits per heavy atom. The number of aliphatic carboxylic acids is 1. The van der Waals surface area contributed by atoms with Crippen LogP contribution in [0.4, 0.5) is 0 Å². The fourth-order valence-corrected chi connectivity index (χ4v) is 1.47. The molecule has 0 unspecified atom stereocenters. The van der Waals surface area contributed by atoms with Crippen molar-refractivity contribution in [3.8, 4) is 11.4 Å². The highest BCUT2D eigenvalue weighted by atomic mass is 35.5. The number of aromatic nitrogens is 4. The van der Waals surface area contributed by atoms with Crippen LogP contribution in [0.3, 0.4) is 0 Å². The van der Waals surface area contributed by atoms with E-state index in [2.05, 4.69) is 15.4 Å². The van der Waals surface area contributed by atoms with Crippen LogP contribution in [0.5, 0.6) is 0 Å². The maximum absolute atomic E-state index is 10.4. The first-order valence-electron chi connectivity index (χ1n) is 4.91. The lowest BCUT2D eigenvalue weighted by Crippen LogP contribution is -2.07. The Balaban J connectivity index is 2.15. The first-order valence-corrected chi connectivity index (χ1v) is 5.28. The van der Waals surface area contributed by atoms with E-state index in [4.69, 9.17) is 16.7 Å². The summed E-state index contributed by atoms with van der Waals surface area (Å²) in [7, 11) is 0. The normalized spacial score (nSPS) is 10.4. The third kappa shape index (κ3) is 3.01. The number of nitrogens with zero attached hydrogens (tertiary/aromatic N) is 4. The summed E-state index contributed by atoms with van der Waals surface area (Å²) in [5.41, 5.74) is 0.749. The number of tetrazole rings is 1. The van der Waals surface area contributed by atoms with Crippen LogP contribution >= 0.6 is 11.6 Å². The zero-order chi connectivity index (χ0) is 12.3. The Morgan fingerprint density at radius 3 is 3.00 bits per heavy atom. The third-order valence-electron chi connectivity index (χ3n) is 2.06. The highest BCUT2D eigenvalue weighted by molar-refractivity contribution is 6.30. The van der Waals surface area contributed by atoms with Crippen molar-refractivity contribution in [2.45, 2.75) is 13.0 Å². The SMILES string of the molecule is O=C(O)CCn1nnc(-c2cccc(Cl)c2)n1. The monoisotopic (exact) mass is 252 g/mol. The molecule has 7 heteroatoms. The molecule has 88 valence electrons. The highest BCUT2D eigenvalue weighted by Crippen LogP contribution is 2.18. The molecular formula is C10H9ClN4O2. The zero-order valence-corrected chi connectivity index (χ0v) is 9.50. The van der Waals surface area contributed by atoms with Gasteiger partial charge in [0.1, 0.15) is 0 Å². The van der Waals surface area contributed by atoms with Crippen LogP contribution < -0.4 is 0 Å². The van der Waals surface area contributed by atoms with Crippen molar-refractivity contribution in [3.63, 3.8) is 0 Å². The Labute approximate surface area is 102 Å². The Morgan fingerprint density at radius 2 is 2.29 bits per heavy atom. The van der Waals surface area contributed by atoms with Gasteiger partial charge in [0.2, 0.25) is 5.82 Å². The van der Waals surface area contributed by atoms with E-state index in [0.29, 0.717) is 10.8 Å². The molecule has 2 aromatic rings. The lowest BCUT2D eigenvalue weighted by atomic mass is 10.2. The van der Waals surface area contributed by atoms with Gasteiger partial charge < -0.3 is 5.11 Å². The quantitative estimate of drug-likeness (QED) is 0.891. The Kier molecular flexibility index (Phi) is 3.34. The molecule has 1 aromatic carbocycles. The molecule has 0 spiro atoms. The van der Waals surface area contributed by atoms with E-state index in [1.54, 1.807) is 18.2 Å². The summed E-state index contributed by atoms with van der Waals surface area (Å²) >= 11 is 5.84. The summed E-state index contributed by atoms with van der Waals surface area (Å²) in [6.07, 6.45) is -0.0364. The van der Waals surface area contributed by atoms with Crippen LogP contribution in [-0.4, -0.2) is 31.3 Å². The molecule has 1 N–H and O–H groups in total. The summed E-state index contributed by atoms with van der Waals surface area (Å²) in [5.74, 6) is -0.468. The maximum atomic E-state index is 10.4. The van der Waals surface area contributed by atoms with Gasteiger partial charge >= 0.3 is 5.97 Å². The molecule has 0 aliphatic carbocycles. The van der Waals surface area contributed by atoms with Crippen LogP contribution in [-0.2, 0) is 11.3 Å². The van der Waals surface area contributed by atoms with Crippen molar-refractivity contribution in [2.75, 3.05) is 0 Å². The van der Waals surface area contributed by atoms with Gasteiger partial charge in [-0.3, -0.25) is 4.79 Å². The standard InChI is InChI=1S/C10H9ClN4O2/c11-8-3-1-2-7(6-8)10-12-14-15(13-10)5-4-9(16)17/h1-3,6H,4-5H2,(H,16,17). The molecule has 0 aliphatic heterocycles. The first kappa shape index (κ1) is 11.5.